The molecule has 0 unspecified atom stereocenters. The molecule has 1 aromatic rings. The molecule has 14 heavy (non-hydrogen) atoms. The molecule has 0 saturated carbocycles. The van der Waals surface area contributed by atoms with Crippen LogP contribution in [0.5, 0.6) is 0 Å². The fourth-order valence-corrected chi connectivity index (χ4v) is 3.54. The molecule has 0 radical (unpaired) electrons. The number of hydrogen-bond donors (Lipinski definition) is 0. The number of hydrogen-bond acceptors (Lipinski definition) is 2. The van der Waals surface area contributed by atoms with Gasteiger partial charge in [0.2, 0.25) is 5.91 Å². The maximum absolute atomic E-state index is 11.9. The zero-order chi connectivity index (χ0) is 9.54. The summed E-state index contributed by atoms with van der Waals surface area (Å²) >= 11 is 1.81. The van der Waals surface area contributed by atoms with Crippen molar-refractivity contribution in [3.05, 3.63) is 21.9 Å². The van der Waals surface area contributed by atoms with E-state index in [1.54, 1.807) is 0 Å². The lowest BCUT2D eigenvalue weighted by Gasteiger charge is -2.21. The first kappa shape index (κ1) is 8.48. The number of amides is 1. The molecule has 0 aromatic carbocycles. The van der Waals surface area contributed by atoms with Crippen LogP contribution in [0.4, 0.5) is 0 Å². The lowest BCUT2D eigenvalue weighted by molar-refractivity contribution is -0.130. The second-order valence-electron chi connectivity index (χ2n) is 4.13. The maximum Gasteiger partial charge on any atom is 0.227 e. The topological polar surface area (TPSA) is 20.3 Å². The smallest absolute Gasteiger partial charge is 0.227 e. The molecule has 1 amide bonds. The van der Waals surface area contributed by atoms with Gasteiger partial charge in [-0.25, -0.2) is 0 Å². The first-order valence-corrected chi connectivity index (χ1v) is 6.07. The first-order chi connectivity index (χ1) is 6.84. The predicted molar refractivity (Wildman–Crippen MR) is 56.5 cm³/mol. The first-order valence-electron chi connectivity index (χ1n) is 5.19. The third-order valence-corrected chi connectivity index (χ3v) is 4.28. The van der Waals surface area contributed by atoms with Crippen LogP contribution in [0.2, 0.25) is 0 Å². The molecule has 2 aliphatic heterocycles. The summed E-state index contributed by atoms with van der Waals surface area (Å²) in [5.41, 5.74) is 1.27. The van der Waals surface area contributed by atoms with E-state index in [-0.39, 0.29) is 0 Å². The normalized spacial score (nSPS) is 25.9. The molecule has 3 heteroatoms. The average Bonchev–Trinajstić information content (AvgIpc) is 2.75. The quantitative estimate of drug-likeness (QED) is 0.635. The zero-order valence-corrected chi connectivity index (χ0v) is 8.85. The molecule has 0 bridgehead atoms. The molecule has 2 nitrogen and oxygen atoms in total. The second kappa shape index (κ2) is 3.09. The van der Waals surface area contributed by atoms with Gasteiger partial charge in [0.25, 0.3) is 0 Å². The van der Waals surface area contributed by atoms with Crippen LogP contribution < -0.4 is 0 Å². The minimum absolute atomic E-state index is 0.338. The Balaban J connectivity index is 1.98. The van der Waals surface area contributed by atoms with Gasteiger partial charge >= 0.3 is 0 Å². The summed E-state index contributed by atoms with van der Waals surface area (Å²) in [6.07, 6.45) is 4.12. The van der Waals surface area contributed by atoms with Gasteiger partial charge in [-0.1, -0.05) is 0 Å². The molecule has 0 N–H and O–H groups in total. The number of nitrogens with zero attached hydrogens (tertiary/aromatic N) is 1. The molecular formula is C11H13NOS. The van der Waals surface area contributed by atoms with E-state index in [0.29, 0.717) is 18.4 Å². The summed E-state index contributed by atoms with van der Waals surface area (Å²) < 4.78 is 0. The Morgan fingerprint density at radius 1 is 1.50 bits per heavy atom. The SMILES string of the molecule is O=C1Cc2ccsc2C[C@@H]2CCCN12. The van der Waals surface area contributed by atoms with Crippen LogP contribution in [0.3, 0.4) is 0 Å². The van der Waals surface area contributed by atoms with Crippen molar-refractivity contribution < 1.29 is 4.79 Å². The van der Waals surface area contributed by atoms with Crippen molar-refractivity contribution in [2.24, 2.45) is 0 Å². The third-order valence-electron chi connectivity index (χ3n) is 3.30. The third kappa shape index (κ3) is 1.19. The molecule has 1 fully saturated rings. The monoisotopic (exact) mass is 207 g/mol. The molecule has 0 aliphatic carbocycles. The Bertz CT molecular complexity index is 371. The van der Waals surface area contributed by atoms with Crippen LogP contribution in [0.1, 0.15) is 23.3 Å². The van der Waals surface area contributed by atoms with Crippen molar-refractivity contribution in [1.82, 2.24) is 4.90 Å². The Hall–Kier alpha value is -0.830. The standard InChI is InChI=1S/C11H13NOS/c13-11-6-8-3-5-14-10(8)7-9-2-1-4-12(9)11/h3,5,9H,1-2,4,6-7H2/t9-/m0/s1. The fraction of sp³-hybridized carbons (Fsp3) is 0.545. The van der Waals surface area contributed by atoms with E-state index in [0.717, 1.165) is 13.0 Å². The molecule has 3 rings (SSSR count). The number of fused-ring (bicyclic) bond motifs is 2. The second-order valence-corrected chi connectivity index (χ2v) is 5.13. The highest BCUT2D eigenvalue weighted by Crippen LogP contribution is 2.30. The van der Waals surface area contributed by atoms with E-state index in [1.165, 1.54) is 23.3 Å². The molecule has 3 heterocycles. The Morgan fingerprint density at radius 3 is 3.36 bits per heavy atom. The molecule has 1 saturated heterocycles. The summed E-state index contributed by atoms with van der Waals surface area (Å²) in [7, 11) is 0. The van der Waals surface area contributed by atoms with Crippen molar-refractivity contribution in [1.29, 1.82) is 0 Å². The average molecular weight is 207 g/mol. The van der Waals surface area contributed by atoms with Gasteiger partial charge < -0.3 is 4.90 Å². The van der Waals surface area contributed by atoms with Gasteiger partial charge in [-0.3, -0.25) is 4.79 Å². The summed E-state index contributed by atoms with van der Waals surface area (Å²) in [4.78, 5) is 15.4. The minimum Gasteiger partial charge on any atom is -0.339 e. The molecule has 1 atom stereocenters. The molecule has 0 spiro atoms. The van der Waals surface area contributed by atoms with Gasteiger partial charge in [-0.05, 0) is 29.9 Å². The minimum atomic E-state index is 0.338. The van der Waals surface area contributed by atoms with E-state index < -0.39 is 0 Å². The van der Waals surface area contributed by atoms with Crippen LogP contribution in [-0.2, 0) is 17.6 Å². The zero-order valence-electron chi connectivity index (χ0n) is 8.03. The lowest BCUT2D eigenvalue weighted by atomic mass is 10.1. The van der Waals surface area contributed by atoms with E-state index in [4.69, 9.17) is 0 Å². The van der Waals surface area contributed by atoms with Crippen molar-refractivity contribution in [2.45, 2.75) is 31.7 Å². The fourth-order valence-electron chi connectivity index (χ4n) is 2.56. The van der Waals surface area contributed by atoms with Crippen molar-refractivity contribution in [3.63, 3.8) is 0 Å². The van der Waals surface area contributed by atoms with Gasteiger partial charge in [0, 0.05) is 23.9 Å². The Labute approximate surface area is 87.5 Å². The van der Waals surface area contributed by atoms with Crippen LogP contribution in [0.25, 0.3) is 0 Å². The maximum atomic E-state index is 11.9. The van der Waals surface area contributed by atoms with E-state index >= 15 is 0 Å². The van der Waals surface area contributed by atoms with Gasteiger partial charge in [0.1, 0.15) is 0 Å². The van der Waals surface area contributed by atoms with Crippen molar-refractivity contribution in [3.8, 4) is 0 Å². The highest BCUT2D eigenvalue weighted by Gasteiger charge is 2.32. The summed E-state index contributed by atoms with van der Waals surface area (Å²) in [5, 5.41) is 2.11. The van der Waals surface area contributed by atoms with E-state index in [2.05, 4.69) is 16.3 Å². The highest BCUT2D eigenvalue weighted by atomic mass is 32.1. The van der Waals surface area contributed by atoms with Gasteiger partial charge in [0.05, 0.1) is 6.42 Å². The van der Waals surface area contributed by atoms with Crippen LogP contribution >= 0.6 is 11.3 Å². The highest BCUT2D eigenvalue weighted by molar-refractivity contribution is 7.10. The number of carbonyl (C=O) groups excluding carboxylic acids is 1. The van der Waals surface area contributed by atoms with Crippen LogP contribution in [0.15, 0.2) is 11.4 Å². The molecule has 74 valence electrons. The van der Waals surface area contributed by atoms with Crippen molar-refractivity contribution in [2.75, 3.05) is 6.54 Å². The Morgan fingerprint density at radius 2 is 2.43 bits per heavy atom. The summed E-state index contributed by atoms with van der Waals surface area (Å²) in [5.74, 6) is 0.338. The molecular weight excluding hydrogens is 194 g/mol. The molecule has 2 aliphatic rings. The number of rotatable bonds is 0. The Kier molecular flexibility index (Phi) is 1.87. The summed E-state index contributed by atoms with van der Waals surface area (Å²) in [6.45, 7) is 0.985. The largest absolute Gasteiger partial charge is 0.339 e. The predicted octanol–water partition coefficient (Wildman–Crippen LogP) is 1.84. The van der Waals surface area contributed by atoms with Crippen molar-refractivity contribution >= 4 is 17.2 Å². The van der Waals surface area contributed by atoms with Gasteiger partial charge in [-0.2, -0.15) is 0 Å². The molecule has 1 aromatic heterocycles. The number of carbonyl (C=O) groups is 1. The summed E-state index contributed by atoms with van der Waals surface area (Å²) in [6, 6.07) is 2.61. The van der Waals surface area contributed by atoms with Crippen LogP contribution in [-0.4, -0.2) is 23.4 Å². The van der Waals surface area contributed by atoms with E-state index in [9.17, 15) is 4.79 Å². The van der Waals surface area contributed by atoms with Gasteiger partial charge in [-0.15, -0.1) is 11.3 Å². The van der Waals surface area contributed by atoms with E-state index in [1.807, 2.05) is 11.3 Å². The van der Waals surface area contributed by atoms with Crippen LogP contribution in [0, 0.1) is 0 Å². The number of thiophene rings is 1. The lowest BCUT2D eigenvalue weighted by Crippen LogP contribution is -2.35. The van der Waals surface area contributed by atoms with Gasteiger partial charge in [0.15, 0.2) is 0 Å².